The van der Waals surface area contributed by atoms with Crippen LogP contribution in [0.15, 0.2) is 27.4 Å². The lowest BCUT2D eigenvalue weighted by molar-refractivity contribution is 0.104. The fraction of sp³-hybridized carbons (Fsp3) is 0.308. The lowest BCUT2D eigenvalue weighted by Gasteiger charge is -2.15. The SMILES string of the molecule is CC(C)(C)c1ccc(C(=O)c2csc(Br)c2)s1. The van der Waals surface area contributed by atoms with Crippen LogP contribution in [0.5, 0.6) is 0 Å². The lowest BCUT2D eigenvalue weighted by atomic mass is 9.95. The van der Waals surface area contributed by atoms with Gasteiger partial charge in [0.25, 0.3) is 0 Å². The smallest absolute Gasteiger partial charge is 0.203 e. The van der Waals surface area contributed by atoms with Crippen LogP contribution in [0.4, 0.5) is 0 Å². The number of thiophene rings is 2. The molecule has 1 nitrogen and oxygen atoms in total. The third kappa shape index (κ3) is 2.87. The summed E-state index contributed by atoms with van der Waals surface area (Å²) in [6, 6.07) is 5.86. The van der Waals surface area contributed by atoms with Crippen molar-refractivity contribution in [1.82, 2.24) is 0 Å². The van der Waals surface area contributed by atoms with E-state index in [-0.39, 0.29) is 11.2 Å². The van der Waals surface area contributed by atoms with E-state index in [4.69, 9.17) is 0 Å². The first-order chi connectivity index (χ1) is 7.88. The Kier molecular flexibility index (Phi) is 3.57. The molecule has 0 N–H and O–H groups in total. The quantitative estimate of drug-likeness (QED) is 0.701. The molecule has 2 heterocycles. The van der Waals surface area contributed by atoms with Crippen molar-refractivity contribution in [3.63, 3.8) is 0 Å². The van der Waals surface area contributed by atoms with E-state index >= 15 is 0 Å². The Morgan fingerprint density at radius 2 is 2.00 bits per heavy atom. The summed E-state index contributed by atoms with van der Waals surface area (Å²) in [5.41, 5.74) is 0.877. The van der Waals surface area contributed by atoms with Crippen LogP contribution in [0.25, 0.3) is 0 Å². The molecule has 17 heavy (non-hydrogen) atoms. The summed E-state index contributed by atoms with van der Waals surface area (Å²) < 4.78 is 0.994. The number of carbonyl (C=O) groups is 1. The minimum Gasteiger partial charge on any atom is -0.288 e. The minimum atomic E-state index is 0.110. The molecule has 0 amide bonds. The van der Waals surface area contributed by atoms with Gasteiger partial charge in [-0.1, -0.05) is 20.8 Å². The normalized spacial score (nSPS) is 11.8. The van der Waals surface area contributed by atoms with Gasteiger partial charge in [0.15, 0.2) is 0 Å². The van der Waals surface area contributed by atoms with Gasteiger partial charge in [-0.15, -0.1) is 22.7 Å². The molecule has 0 radical (unpaired) electrons. The zero-order chi connectivity index (χ0) is 12.6. The first-order valence-corrected chi connectivity index (χ1v) is 7.76. The fourth-order valence-electron chi connectivity index (χ4n) is 1.43. The number of hydrogen-bond donors (Lipinski definition) is 0. The number of rotatable bonds is 2. The predicted octanol–water partition coefficient (Wildman–Crippen LogP) is 5.10. The monoisotopic (exact) mass is 328 g/mol. The molecule has 0 bridgehead atoms. The van der Waals surface area contributed by atoms with Crippen molar-refractivity contribution in [2.24, 2.45) is 0 Å². The lowest BCUT2D eigenvalue weighted by Crippen LogP contribution is -2.07. The van der Waals surface area contributed by atoms with Gasteiger partial charge in [0, 0.05) is 15.8 Å². The first-order valence-electron chi connectivity index (χ1n) is 5.27. The van der Waals surface area contributed by atoms with Crippen molar-refractivity contribution in [3.8, 4) is 0 Å². The molecule has 0 unspecified atom stereocenters. The second-order valence-corrected chi connectivity index (χ2v) is 8.26. The van der Waals surface area contributed by atoms with Crippen LogP contribution in [0.2, 0.25) is 0 Å². The van der Waals surface area contributed by atoms with Crippen molar-refractivity contribution in [2.75, 3.05) is 0 Å². The third-order valence-electron chi connectivity index (χ3n) is 2.40. The summed E-state index contributed by atoms with van der Waals surface area (Å²) in [4.78, 5) is 14.3. The molecule has 2 aromatic rings. The Bertz CT molecular complexity index is 546. The average Bonchev–Trinajstić information content (AvgIpc) is 2.83. The van der Waals surface area contributed by atoms with E-state index in [1.54, 1.807) is 22.7 Å². The number of carbonyl (C=O) groups excluding carboxylic acids is 1. The Hall–Kier alpha value is -0.450. The van der Waals surface area contributed by atoms with Crippen LogP contribution < -0.4 is 0 Å². The number of halogens is 1. The highest BCUT2D eigenvalue weighted by atomic mass is 79.9. The molecule has 0 aromatic carbocycles. The molecule has 0 aliphatic carbocycles. The zero-order valence-electron chi connectivity index (χ0n) is 9.91. The van der Waals surface area contributed by atoms with Gasteiger partial charge < -0.3 is 0 Å². The Morgan fingerprint density at radius 3 is 2.47 bits per heavy atom. The summed E-state index contributed by atoms with van der Waals surface area (Å²) in [7, 11) is 0. The Balaban J connectivity index is 2.30. The van der Waals surface area contributed by atoms with Gasteiger partial charge in [-0.3, -0.25) is 4.79 Å². The maximum absolute atomic E-state index is 12.2. The van der Waals surface area contributed by atoms with Crippen LogP contribution in [0, 0.1) is 0 Å². The molecule has 0 fully saturated rings. The molecule has 0 atom stereocenters. The number of hydrogen-bond acceptors (Lipinski definition) is 3. The average molecular weight is 329 g/mol. The van der Waals surface area contributed by atoms with E-state index in [1.165, 1.54) is 4.88 Å². The largest absolute Gasteiger partial charge is 0.288 e. The predicted molar refractivity (Wildman–Crippen MR) is 78.5 cm³/mol. The van der Waals surface area contributed by atoms with Crippen molar-refractivity contribution < 1.29 is 4.79 Å². The highest BCUT2D eigenvalue weighted by Crippen LogP contribution is 2.31. The van der Waals surface area contributed by atoms with Crippen LogP contribution in [0.3, 0.4) is 0 Å². The highest BCUT2D eigenvalue weighted by molar-refractivity contribution is 9.11. The van der Waals surface area contributed by atoms with Crippen molar-refractivity contribution in [3.05, 3.63) is 42.7 Å². The van der Waals surface area contributed by atoms with E-state index in [2.05, 4.69) is 42.8 Å². The van der Waals surface area contributed by atoms with Crippen LogP contribution >= 0.6 is 38.6 Å². The molecule has 0 saturated carbocycles. The van der Waals surface area contributed by atoms with Crippen molar-refractivity contribution in [1.29, 1.82) is 0 Å². The van der Waals surface area contributed by atoms with Gasteiger partial charge >= 0.3 is 0 Å². The van der Waals surface area contributed by atoms with Gasteiger partial charge in [-0.05, 0) is 39.5 Å². The molecule has 90 valence electrons. The molecule has 2 rings (SSSR count). The summed E-state index contributed by atoms with van der Waals surface area (Å²) in [5.74, 6) is 0.118. The minimum absolute atomic E-state index is 0.110. The van der Waals surface area contributed by atoms with E-state index in [9.17, 15) is 4.79 Å². The maximum Gasteiger partial charge on any atom is 0.203 e. The molecule has 0 aliphatic rings. The Labute approximate surface area is 118 Å². The van der Waals surface area contributed by atoms with E-state index in [0.29, 0.717) is 0 Å². The molecular weight excluding hydrogens is 316 g/mol. The van der Waals surface area contributed by atoms with Crippen LogP contribution in [0.1, 0.15) is 40.9 Å². The second kappa shape index (κ2) is 4.67. The molecular formula is C13H13BrOS2. The maximum atomic E-state index is 12.2. The van der Waals surface area contributed by atoms with Gasteiger partial charge in [0.05, 0.1) is 8.66 Å². The summed E-state index contributed by atoms with van der Waals surface area (Å²) in [6.07, 6.45) is 0. The van der Waals surface area contributed by atoms with Gasteiger partial charge in [0.2, 0.25) is 5.78 Å². The van der Waals surface area contributed by atoms with E-state index < -0.39 is 0 Å². The molecule has 2 aromatic heterocycles. The molecule has 4 heteroatoms. The van der Waals surface area contributed by atoms with Crippen LogP contribution in [-0.2, 0) is 5.41 Å². The third-order valence-corrected chi connectivity index (χ3v) is 5.41. The summed E-state index contributed by atoms with van der Waals surface area (Å²) in [5, 5.41) is 1.89. The standard InChI is InChI=1S/C13H13BrOS2/c1-13(2,3)10-5-4-9(17-10)12(15)8-6-11(14)16-7-8/h4-7H,1-3H3. The topological polar surface area (TPSA) is 17.1 Å². The second-order valence-electron chi connectivity index (χ2n) is 4.88. The van der Waals surface area contributed by atoms with Crippen LogP contribution in [-0.4, -0.2) is 5.78 Å². The zero-order valence-corrected chi connectivity index (χ0v) is 13.1. The van der Waals surface area contributed by atoms with Crippen molar-refractivity contribution in [2.45, 2.75) is 26.2 Å². The van der Waals surface area contributed by atoms with Gasteiger partial charge in [-0.2, -0.15) is 0 Å². The van der Waals surface area contributed by atoms with Gasteiger partial charge in [-0.25, -0.2) is 0 Å². The molecule has 0 aliphatic heterocycles. The first kappa shape index (κ1) is 13.0. The summed E-state index contributed by atoms with van der Waals surface area (Å²) >= 11 is 6.51. The van der Waals surface area contributed by atoms with Gasteiger partial charge in [0.1, 0.15) is 0 Å². The van der Waals surface area contributed by atoms with Crippen molar-refractivity contribution >= 4 is 44.4 Å². The summed E-state index contributed by atoms with van der Waals surface area (Å²) in [6.45, 7) is 6.48. The number of ketones is 1. The Morgan fingerprint density at radius 1 is 1.29 bits per heavy atom. The fourth-order valence-corrected chi connectivity index (χ4v) is 3.60. The van der Waals surface area contributed by atoms with E-state index in [1.807, 2.05) is 17.5 Å². The highest BCUT2D eigenvalue weighted by Gasteiger charge is 2.19. The van der Waals surface area contributed by atoms with E-state index in [0.717, 1.165) is 14.2 Å². The molecule has 0 saturated heterocycles. The molecule has 0 spiro atoms.